The summed E-state index contributed by atoms with van der Waals surface area (Å²) in [5.74, 6) is 0.997. The molecule has 1 atom stereocenters. The van der Waals surface area contributed by atoms with Crippen LogP contribution in [0.15, 0.2) is 24.3 Å². The van der Waals surface area contributed by atoms with Crippen LogP contribution in [-0.2, 0) is 4.79 Å². The number of hydrogen-bond acceptors (Lipinski definition) is 3. The average molecular weight is 278 g/mol. The fraction of sp³-hybridized carbons (Fsp3) is 0.562. The molecule has 1 unspecified atom stereocenters. The molecule has 0 aliphatic carbocycles. The first-order valence-electron chi connectivity index (χ1n) is 7.27. The van der Waals surface area contributed by atoms with Crippen LogP contribution < -0.4 is 10.1 Å². The van der Waals surface area contributed by atoms with Crippen molar-refractivity contribution in [1.82, 2.24) is 10.2 Å². The van der Waals surface area contributed by atoms with Crippen molar-refractivity contribution in [2.45, 2.75) is 33.7 Å². The van der Waals surface area contributed by atoms with Crippen molar-refractivity contribution in [1.29, 1.82) is 0 Å². The summed E-state index contributed by atoms with van der Waals surface area (Å²) < 4.78 is 5.68. The number of nitrogens with one attached hydrogen (secondary N) is 1. The predicted molar refractivity (Wildman–Crippen MR) is 82.1 cm³/mol. The van der Waals surface area contributed by atoms with Gasteiger partial charge in [0, 0.05) is 19.1 Å². The predicted octanol–water partition coefficient (Wildman–Crippen LogP) is 2.22. The summed E-state index contributed by atoms with van der Waals surface area (Å²) in [4.78, 5) is 13.7. The van der Waals surface area contributed by atoms with Gasteiger partial charge in [-0.25, -0.2) is 0 Å². The Balaban J connectivity index is 2.28. The van der Waals surface area contributed by atoms with Gasteiger partial charge in [-0.15, -0.1) is 0 Å². The molecule has 0 saturated carbocycles. The zero-order valence-corrected chi connectivity index (χ0v) is 13.0. The van der Waals surface area contributed by atoms with Crippen molar-refractivity contribution >= 4 is 5.91 Å². The van der Waals surface area contributed by atoms with Crippen LogP contribution in [-0.4, -0.2) is 43.1 Å². The SMILES string of the molecule is CCN(CC)C(=O)CNC(C)COc1ccc(C)cc1. The molecule has 0 aromatic heterocycles. The molecule has 112 valence electrons. The zero-order valence-electron chi connectivity index (χ0n) is 13.0. The molecule has 4 nitrogen and oxygen atoms in total. The van der Waals surface area contributed by atoms with Crippen molar-refractivity contribution < 1.29 is 9.53 Å². The van der Waals surface area contributed by atoms with E-state index in [1.54, 1.807) is 0 Å². The third kappa shape index (κ3) is 5.61. The first-order chi connectivity index (χ1) is 9.56. The van der Waals surface area contributed by atoms with Crippen LogP contribution in [0.5, 0.6) is 5.75 Å². The minimum atomic E-state index is 0.135. The summed E-state index contributed by atoms with van der Waals surface area (Å²) in [7, 11) is 0. The van der Waals surface area contributed by atoms with Crippen LogP contribution >= 0.6 is 0 Å². The van der Waals surface area contributed by atoms with E-state index in [-0.39, 0.29) is 11.9 Å². The molecule has 1 N–H and O–H groups in total. The Morgan fingerprint density at radius 1 is 1.25 bits per heavy atom. The number of nitrogens with zero attached hydrogens (tertiary/aromatic N) is 1. The molecule has 0 fully saturated rings. The Kier molecular flexibility index (Phi) is 7.09. The zero-order chi connectivity index (χ0) is 15.0. The molecule has 0 saturated heterocycles. The van der Waals surface area contributed by atoms with Gasteiger partial charge in [0.1, 0.15) is 12.4 Å². The van der Waals surface area contributed by atoms with E-state index in [0.29, 0.717) is 13.2 Å². The van der Waals surface area contributed by atoms with E-state index in [9.17, 15) is 4.79 Å². The number of likely N-dealkylation sites (N-methyl/N-ethyl adjacent to an activating group) is 1. The monoisotopic (exact) mass is 278 g/mol. The lowest BCUT2D eigenvalue weighted by Gasteiger charge is -2.21. The second kappa shape index (κ2) is 8.59. The molecule has 0 aliphatic heterocycles. The highest BCUT2D eigenvalue weighted by atomic mass is 16.5. The summed E-state index contributed by atoms with van der Waals surface area (Å²) in [6.45, 7) is 10.5. The van der Waals surface area contributed by atoms with Crippen LogP contribution in [0, 0.1) is 6.92 Å². The van der Waals surface area contributed by atoms with Gasteiger partial charge in [0.15, 0.2) is 0 Å². The Hall–Kier alpha value is -1.55. The lowest BCUT2D eigenvalue weighted by atomic mass is 10.2. The van der Waals surface area contributed by atoms with Gasteiger partial charge in [-0.2, -0.15) is 0 Å². The van der Waals surface area contributed by atoms with Crippen LogP contribution in [0.1, 0.15) is 26.3 Å². The summed E-state index contributed by atoms with van der Waals surface area (Å²) >= 11 is 0. The summed E-state index contributed by atoms with van der Waals surface area (Å²) in [6, 6.07) is 8.11. The molecule has 1 aromatic carbocycles. The Morgan fingerprint density at radius 2 is 1.85 bits per heavy atom. The van der Waals surface area contributed by atoms with Gasteiger partial charge in [0.2, 0.25) is 5.91 Å². The fourth-order valence-corrected chi connectivity index (χ4v) is 1.86. The number of aryl methyl sites for hydroxylation is 1. The van der Waals surface area contributed by atoms with E-state index in [0.717, 1.165) is 18.8 Å². The van der Waals surface area contributed by atoms with Gasteiger partial charge in [0.25, 0.3) is 0 Å². The van der Waals surface area contributed by atoms with Crippen LogP contribution in [0.3, 0.4) is 0 Å². The number of rotatable bonds is 8. The number of carbonyl (C=O) groups excluding carboxylic acids is 1. The second-order valence-corrected chi connectivity index (χ2v) is 4.97. The Bertz CT molecular complexity index is 399. The molecular weight excluding hydrogens is 252 g/mol. The highest BCUT2D eigenvalue weighted by Crippen LogP contribution is 2.11. The van der Waals surface area contributed by atoms with Gasteiger partial charge < -0.3 is 15.0 Å². The fourth-order valence-electron chi connectivity index (χ4n) is 1.86. The molecule has 1 amide bonds. The Morgan fingerprint density at radius 3 is 2.40 bits per heavy atom. The van der Waals surface area contributed by atoms with Gasteiger partial charge in [0.05, 0.1) is 6.54 Å². The van der Waals surface area contributed by atoms with E-state index in [1.165, 1.54) is 5.56 Å². The van der Waals surface area contributed by atoms with E-state index >= 15 is 0 Å². The van der Waals surface area contributed by atoms with Crippen molar-refractivity contribution in [3.63, 3.8) is 0 Å². The van der Waals surface area contributed by atoms with Crippen molar-refractivity contribution in [3.8, 4) is 5.75 Å². The van der Waals surface area contributed by atoms with Crippen LogP contribution in [0.25, 0.3) is 0 Å². The van der Waals surface area contributed by atoms with Crippen molar-refractivity contribution in [2.24, 2.45) is 0 Å². The maximum atomic E-state index is 11.8. The lowest BCUT2D eigenvalue weighted by Crippen LogP contribution is -2.42. The summed E-state index contributed by atoms with van der Waals surface area (Å²) in [6.07, 6.45) is 0. The first kappa shape index (κ1) is 16.5. The quantitative estimate of drug-likeness (QED) is 0.793. The molecule has 0 bridgehead atoms. The van der Waals surface area contributed by atoms with E-state index in [1.807, 2.05) is 56.9 Å². The molecule has 0 aliphatic rings. The molecule has 0 spiro atoms. The van der Waals surface area contributed by atoms with E-state index < -0.39 is 0 Å². The standard InChI is InChI=1S/C16H26N2O2/c1-5-18(6-2)16(19)11-17-14(4)12-20-15-9-7-13(3)8-10-15/h7-10,14,17H,5-6,11-12H2,1-4H3. The molecule has 1 aromatic rings. The van der Waals surface area contributed by atoms with Gasteiger partial charge in [-0.05, 0) is 39.8 Å². The summed E-state index contributed by atoms with van der Waals surface area (Å²) in [5, 5.41) is 3.20. The molecule has 1 rings (SSSR count). The lowest BCUT2D eigenvalue weighted by molar-refractivity contribution is -0.130. The Labute approximate surface area is 122 Å². The largest absolute Gasteiger partial charge is 0.492 e. The average Bonchev–Trinajstić information content (AvgIpc) is 2.45. The van der Waals surface area contributed by atoms with Crippen LogP contribution in [0.4, 0.5) is 0 Å². The maximum Gasteiger partial charge on any atom is 0.236 e. The van der Waals surface area contributed by atoms with Gasteiger partial charge in [-0.3, -0.25) is 4.79 Å². The smallest absolute Gasteiger partial charge is 0.236 e. The third-order valence-corrected chi connectivity index (χ3v) is 3.24. The highest BCUT2D eigenvalue weighted by Gasteiger charge is 2.11. The molecule has 4 heteroatoms. The minimum absolute atomic E-state index is 0.135. The van der Waals surface area contributed by atoms with Gasteiger partial charge in [-0.1, -0.05) is 17.7 Å². The summed E-state index contributed by atoms with van der Waals surface area (Å²) in [5.41, 5.74) is 1.22. The second-order valence-electron chi connectivity index (χ2n) is 4.97. The number of hydrogen-bond donors (Lipinski definition) is 1. The molecule has 20 heavy (non-hydrogen) atoms. The van der Waals surface area contributed by atoms with E-state index in [2.05, 4.69) is 5.32 Å². The number of amides is 1. The van der Waals surface area contributed by atoms with Crippen LogP contribution in [0.2, 0.25) is 0 Å². The first-order valence-corrected chi connectivity index (χ1v) is 7.27. The number of ether oxygens (including phenoxy) is 1. The normalized spacial score (nSPS) is 12.0. The molecule has 0 heterocycles. The third-order valence-electron chi connectivity index (χ3n) is 3.24. The highest BCUT2D eigenvalue weighted by molar-refractivity contribution is 5.78. The minimum Gasteiger partial charge on any atom is -0.492 e. The van der Waals surface area contributed by atoms with Gasteiger partial charge >= 0.3 is 0 Å². The molecule has 0 radical (unpaired) electrons. The topological polar surface area (TPSA) is 41.6 Å². The maximum absolute atomic E-state index is 11.8. The van der Waals surface area contributed by atoms with Crippen molar-refractivity contribution in [2.75, 3.05) is 26.2 Å². The van der Waals surface area contributed by atoms with E-state index in [4.69, 9.17) is 4.74 Å². The molecular formula is C16H26N2O2. The number of benzene rings is 1. The number of carbonyl (C=O) groups is 1. The van der Waals surface area contributed by atoms with Crippen molar-refractivity contribution in [3.05, 3.63) is 29.8 Å².